The van der Waals surface area contributed by atoms with Crippen LogP contribution in [0.4, 0.5) is 0 Å². The molecule has 1 N–H and O–H groups in total. The van der Waals surface area contributed by atoms with Crippen molar-refractivity contribution < 1.29 is 0 Å². The van der Waals surface area contributed by atoms with Crippen LogP contribution in [0.25, 0.3) is 0 Å². The van der Waals surface area contributed by atoms with Gasteiger partial charge in [-0.05, 0) is 12.5 Å². The molecule has 0 aliphatic rings. The van der Waals surface area contributed by atoms with Crippen LogP contribution < -0.4 is 5.32 Å². The minimum Gasteiger partial charge on any atom is -0.310 e. The average molecular weight is 260 g/mol. The van der Waals surface area contributed by atoms with Crippen molar-refractivity contribution in [2.24, 2.45) is 0 Å². The van der Waals surface area contributed by atoms with Crippen LogP contribution in [0.2, 0.25) is 0 Å². The topological polar surface area (TPSA) is 24.9 Å². The van der Waals surface area contributed by atoms with E-state index in [1.807, 2.05) is 11.3 Å². The monoisotopic (exact) mass is 260 g/mol. The van der Waals surface area contributed by atoms with Crippen molar-refractivity contribution in [2.45, 2.75) is 39.8 Å². The summed E-state index contributed by atoms with van der Waals surface area (Å²) in [4.78, 5) is 6.02. The van der Waals surface area contributed by atoms with Gasteiger partial charge in [0.15, 0.2) is 0 Å². The lowest BCUT2D eigenvalue weighted by atomic mass is 10.2. The first-order valence-electron chi connectivity index (χ1n) is 6.37. The second kappa shape index (κ2) is 6.12. The van der Waals surface area contributed by atoms with Gasteiger partial charge in [-0.2, -0.15) is 0 Å². The van der Waals surface area contributed by atoms with E-state index in [9.17, 15) is 0 Å². The van der Waals surface area contributed by atoms with Crippen LogP contribution in [-0.4, -0.2) is 11.0 Å². The molecule has 96 valence electrons. The molecule has 1 heterocycles. The van der Waals surface area contributed by atoms with Gasteiger partial charge >= 0.3 is 0 Å². The van der Waals surface area contributed by atoms with Gasteiger partial charge in [-0.3, -0.25) is 0 Å². The Morgan fingerprint density at radius 2 is 1.94 bits per heavy atom. The van der Waals surface area contributed by atoms with Crippen LogP contribution in [0.3, 0.4) is 0 Å². The molecule has 0 bridgehead atoms. The molecule has 0 amide bonds. The van der Waals surface area contributed by atoms with Crippen LogP contribution in [-0.2, 0) is 13.0 Å². The maximum Gasteiger partial charge on any atom is 0.0975 e. The lowest BCUT2D eigenvalue weighted by molar-refractivity contribution is 0.591. The second-order valence-corrected chi connectivity index (χ2v) is 5.98. The number of hydrogen-bond donors (Lipinski definition) is 1. The molecule has 1 aromatic carbocycles. The first kappa shape index (κ1) is 13.2. The quantitative estimate of drug-likeness (QED) is 0.889. The van der Waals surface area contributed by atoms with Crippen LogP contribution in [0.5, 0.6) is 0 Å². The van der Waals surface area contributed by atoms with Gasteiger partial charge < -0.3 is 5.32 Å². The predicted molar refractivity (Wildman–Crippen MR) is 78.1 cm³/mol. The Balaban J connectivity index is 2.04. The van der Waals surface area contributed by atoms with Crippen LogP contribution in [0.1, 0.15) is 35.0 Å². The zero-order valence-electron chi connectivity index (χ0n) is 11.2. The number of thiazole rings is 1. The zero-order chi connectivity index (χ0) is 13.0. The minimum absolute atomic E-state index is 0.518. The SMILES string of the molecule is Cc1nc(Cc2ccccc2)sc1CNC(C)C. The number of hydrogen-bond acceptors (Lipinski definition) is 3. The molecular formula is C15H20N2S. The number of nitrogens with zero attached hydrogens (tertiary/aromatic N) is 1. The first-order valence-corrected chi connectivity index (χ1v) is 7.19. The summed E-state index contributed by atoms with van der Waals surface area (Å²) in [6.45, 7) is 7.36. The minimum atomic E-state index is 0.518. The fourth-order valence-electron chi connectivity index (χ4n) is 1.80. The Hall–Kier alpha value is -1.19. The van der Waals surface area contributed by atoms with E-state index in [0.717, 1.165) is 13.0 Å². The summed E-state index contributed by atoms with van der Waals surface area (Å²) < 4.78 is 0. The van der Waals surface area contributed by atoms with Crippen molar-refractivity contribution >= 4 is 11.3 Å². The molecule has 0 saturated heterocycles. The summed E-state index contributed by atoms with van der Waals surface area (Å²) in [5.74, 6) is 0. The highest BCUT2D eigenvalue weighted by Gasteiger charge is 2.08. The molecule has 0 spiro atoms. The van der Waals surface area contributed by atoms with Gasteiger partial charge in [0, 0.05) is 23.9 Å². The molecule has 0 atom stereocenters. The molecule has 0 saturated carbocycles. The number of aryl methyl sites for hydroxylation is 1. The Bertz CT molecular complexity index is 488. The molecule has 0 unspecified atom stereocenters. The molecule has 2 nitrogen and oxygen atoms in total. The average Bonchev–Trinajstić information content (AvgIpc) is 2.68. The van der Waals surface area contributed by atoms with Crippen molar-refractivity contribution in [3.63, 3.8) is 0 Å². The van der Waals surface area contributed by atoms with E-state index in [4.69, 9.17) is 0 Å². The van der Waals surface area contributed by atoms with E-state index in [2.05, 4.69) is 61.4 Å². The van der Waals surface area contributed by atoms with Gasteiger partial charge in [0.05, 0.1) is 10.7 Å². The summed E-state index contributed by atoms with van der Waals surface area (Å²) in [5.41, 5.74) is 2.49. The summed E-state index contributed by atoms with van der Waals surface area (Å²) in [6.07, 6.45) is 0.939. The third-order valence-electron chi connectivity index (χ3n) is 2.81. The highest BCUT2D eigenvalue weighted by Crippen LogP contribution is 2.20. The Kier molecular flexibility index (Phi) is 4.50. The summed E-state index contributed by atoms with van der Waals surface area (Å²) in [5, 5.41) is 4.66. The predicted octanol–water partition coefficient (Wildman–Crippen LogP) is 3.54. The highest BCUT2D eigenvalue weighted by atomic mass is 32.1. The molecule has 0 fully saturated rings. The lowest BCUT2D eigenvalue weighted by Gasteiger charge is -2.05. The maximum atomic E-state index is 4.66. The van der Waals surface area contributed by atoms with Gasteiger partial charge in [0.1, 0.15) is 0 Å². The molecule has 18 heavy (non-hydrogen) atoms. The second-order valence-electron chi connectivity index (χ2n) is 4.81. The van der Waals surface area contributed by atoms with Gasteiger partial charge in [0.2, 0.25) is 0 Å². The standard InChI is InChI=1S/C15H20N2S/c1-11(2)16-10-14-12(3)17-15(18-14)9-13-7-5-4-6-8-13/h4-8,11,16H,9-10H2,1-3H3. The van der Waals surface area contributed by atoms with E-state index in [1.54, 1.807) is 0 Å². The van der Waals surface area contributed by atoms with Crippen LogP contribution >= 0.6 is 11.3 Å². The molecule has 0 aliphatic carbocycles. The summed E-state index contributed by atoms with van der Waals surface area (Å²) in [6, 6.07) is 11.0. The Morgan fingerprint density at radius 3 is 2.61 bits per heavy atom. The van der Waals surface area contributed by atoms with E-state index in [1.165, 1.54) is 21.1 Å². The third-order valence-corrected chi connectivity index (χ3v) is 3.96. The van der Waals surface area contributed by atoms with Crippen molar-refractivity contribution in [3.8, 4) is 0 Å². The van der Waals surface area contributed by atoms with Gasteiger partial charge in [0.25, 0.3) is 0 Å². The fraction of sp³-hybridized carbons (Fsp3) is 0.400. The fourth-order valence-corrected chi connectivity index (χ4v) is 2.85. The van der Waals surface area contributed by atoms with Gasteiger partial charge in [-0.15, -0.1) is 11.3 Å². The smallest absolute Gasteiger partial charge is 0.0975 e. The highest BCUT2D eigenvalue weighted by molar-refractivity contribution is 7.11. The number of rotatable bonds is 5. The molecule has 0 radical (unpaired) electrons. The van der Waals surface area contributed by atoms with E-state index in [0.29, 0.717) is 6.04 Å². The maximum absolute atomic E-state index is 4.66. The van der Waals surface area contributed by atoms with Crippen LogP contribution in [0, 0.1) is 6.92 Å². The number of nitrogens with one attached hydrogen (secondary N) is 1. The van der Waals surface area contributed by atoms with Gasteiger partial charge in [-0.25, -0.2) is 4.98 Å². The van der Waals surface area contributed by atoms with Crippen molar-refractivity contribution in [1.82, 2.24) is 10.3 Å². The third kappa shape index (κ3) is 3.65. The largest absolute Gasteiger partial charge is 0.310 e. The normalized spacial score (nSPS) is 11.1. The van der Waals surface area contributed by atoms with Crippen molar-refractivity contribution in [2.75, 3.05) is 0 Å². The molecular weight excluding hydrogens is 240 g/mol. The number of benzene rings is 1. The van der Waals surface area contributed by atoms with E-state index < -0.39 is 0 Å². The first-order chi connectivity index (χ1) is 8.65. The van der Waals surface area contributed by atoms with Crippen molar-refractivity contribution in [1.29, 1.82) is 0 Å². The molecule has 1 aromatic heterocycles. The molecule has 0 aliphatic heterocycles. The van der Waals surface area contributed by atoms with Gasteiger partial charge in [-0.1, -0.05) is 44.2 Å². The molecule has 2 rings (SSSR count). The molecule has 2 aromatic rings. The van der Waals surface area contributed by atoms with E-state index >= 15 is 0 Å². The van der Waals surface area contributed by atoms with E-state index in [-0.39, 0.29) is 0 Å². The summed E-state index contributed by atoms with van der Waals surface area (Å²) >= 11 is 1.82. The lowest BCUT2D eigenvalue weighted by Crippen LogP contribution is -2.21. The Labute approximate surface area is 113 Å². The van der Waals surface area contributed by atoms with Crippen LogP contribution in [0.15, 0.2) is 30.3 Å². The zero-order valence-corrected chi connectivity index (χ0v) is 12.1. The number of aromatic nitrogens is 1. The Morgan fingerprint density at radius 1 is 1.22 bits per heavy atom. The van der Waals surface area contributed by atoms with Crippen molar-refractivity contribution in [3.05, 3.63) is 51.5 Å². The summed E-state index contributed by atoms with van der Waals surface area (Å²) in [7, 11) is 0. The molecule has 3 heteroatoms.